The number of imidazole rings is 1. The number of hydrogen-bond acceptors (Lipinski definition) is 2. The zero-order valence-electron chi connectivity index (χ0n) is 13.7. The number of rotatable bonds is 3. The summed E-state index contributed by atoms with van der Waals surface area (Å²) in [5.41, 5.74) is 1.20. The highest BCUT2D eigenvalue weighted by Gasteiger charge is 2.30. The molecule has 130 valence electrons. The number of aryl methyl sites for hydroxylation is 2. The van der Waals surface area contributed by atoms with Crippen LogP contribution in [-0.4, -0.2) is 15.5 Å². The molecular formula is C18H16F3N3O. The molecule has 0 aliphatic rings. The van der Waals surface area contributed by atoms with Gasteiger partial charge in [-0.1, -0.05) is 13.0 Å². The van der Waals surface area contributed by atoms with Crippen molar-refractivity contribution in [1.29, 1.82) is 0 Å². The van der Waals surface area contributed by atoms with E-state index >= 15 is 0 Å². The molecule has 25 heavy (non-hydrogen) atoms. The fraction of sp³-hybridized carbons (Fsp3) is 0.222. The normalized spacial score (nSPS) is 11.7. The van der Waals surface area contributed by atoms with Crippen LogP contribution < -0.4 is 5.32 Å². The SMILES string of the molecule is CCc1nc2cc(C(=O)Nc3cccc(C(F)(F)F)c3)ccc2n1C. The van der Waals surface area contributed by atoms with Crippen molar-refractivity contribution in [3.63, 3.8) is 0 Å². The third kappa shape index (κ3) is 3.35. The molecule has 1 amide bonds. The second-order valence-corrected chi connectivity index (χ2v) is 5.68. The Morgan fingerprint density at radius 2 is 1.96 bits per heavy atom. The molecule has 3 rings (SSSR count). The summed E-state index contributed by atoms with van der Waals surface area (Å²) in [4.78, 5) is 16.8. The predicted octanol–water partition coefficient (Wildman–Crippen LogP) is 4.41. The number of carbonyl (C=O) groups excluding carboxylic acids is 1. The maximum atomic E-state index is 12.8. The van der Waals surface area contributed by atoms with Gasteiger partial charge in [-0.2, -0.15) is 13.2 Å². The Bertz CT molecular complexity index is 944. The van der Waals surface area contributed by atoms with Gasteiger partial charge < -0.3 is 9.88 Å². The molecule has 0 atom stereocenters. The first-order chi connectivity index (χ1) is 11.8. The van der Waals surface area contributed by atoms with Crippen molar-refractivity contribution in [1.82, 2.24) is 9.55 Å². The molecular weight excluding hydrogens is 331 g/mol. The largest absolute Gasteiger partial charge is 0.416 e. The Kier molecular flexibility index (Phi) is 4.24. The van der Waals surface area contributed by atoms with E-state index in [1.807, 2.05) is 18.5 Å². The van der Waals surface area contributed by atoms with E-state index < -0.39 is 17.6 Å². The zero-order valence-corrected chi connectivity index (χ0v) is 13.7. The number of carbonyl (C=O) groups is 1. The summed E-state index contributed by atoms with van der Waals surface area (Å²) in [5, 5.41) is 2.50. The summed E-state index contributed by atoms with van der Waals surface area (Å²) in [5.74, 6) is 0.412. The third-order valence-electron chi connectivity index (χ3n) is 4.00. The summed E-state index contributed by atoms with van der Waals surface area (Å²) in [6, 6.07) is 9.59. The molecule has 2 aromatic carbocycles. The van der Waals surface area contributed by atoms with Crippen LogP contribution in [0.1, 0.15) is 28.7 Å². The molecule has 0 spiro atoms. The third-order valence-corrected chi connectivity index (χ3v) is 4.00. The van der Waals surface area contributed by atoms with Gasteiger partial charge in [-0.15, -0.1) is 0 Å². The van der Waals surface area contributed by atoms with Crippen LogP contribution in [0.25, 0.3) is 11.0 Å². The van der Waals surface area contributed by atoms with Gasteiger partial charge in [0, 0.05) is 24.7 Å². The monoisotopic (exact) mass is 347 g/mol. The van der Waals surface area contributed by atoms with Gasteiger partial charge in [-0.05, 0) is 36.4 Å². The molecule has 0 saturated carbocycles. The van der Waals surface area contributed by atoms with Crippen LogP contribution in [0.2, 0.25) is 0 Å². The molecule has 0 aliphatic heterocycles. The minimum atomic E-state index is -4.45. The zero-order chi connectivity index (χ0) is 18.2. The molecule has 1 N–H and O–H groups in total. The first-order valence-corrected chi connectivity index (χ1v) is 7.73. The predicted molar refractivity (Wildman–Crippen MR) is 89.5 cm³/mol. The summed E-state index contributed by atoms with van der Waals surface area (Å²) in [6.07, 6.45) is -3.69. The molecule has 0 aliphatic carbocycles. The minimum Gasteiger partial charge on any atom is -0.331 e. The molecule has 1 heterocycles. The average Bonchev–Trinajstić information content (AvgIpc) is 2.90. The van der Waals surface area contributed by atoms with E-state index in [1.165, 1.54) is 12.1 Å². The van der Waals surface area contributed by atoms with Crippen molar-refractivity contribution in [2.75, 3.05) is 5.32 Å². The Balaban J connectivity index is 1.87. The van der Waals surface area contributed by atoms with Gasteiger partial charge >= 0.3 is 6.18 Å². The van der Waals surface area contributed by atoms with Crippen molar-refractivity contribution < 1.29 is 18.0 Å². The first kappa shape index (κ1) is 17.0. The Labute approximate surface area is 142 Å². The summed E-state index contributed by atoms with van der Waals surface area (Å²) in [6.45, 7) is 1.99. The highest BCUT2D eigenvalue weighted by atomic mass is 19.4. The Morgan fingerprint density at radius 1 is 1.20 bits per heavy atom. The van der Waals surface area contributed by atoms with E-state index in [0.29, 0.717) is 11.1 Å². The Hall–Kier alpha value is -2.83. The number of alkyl halides is 3. The number of amides is 1. The van der Waals surface area contributed by atoms with Crippen LogP contribution in [0.4, 0.5) is 18.9 Å². The molecule has 0 bridgehead atoms. The lowest BCUT2D eigenvalue weighted by atomic mass is 10.1. The second-order valence-electron chi connectivity index (χ2n) is 5.68. The first-order valence-electron chi connectivity index (χ1n) is 7.73. The van der Waals surface area contributed by atoms with Crippen LogP contribution in [0.15, 0.2) is 42.5 Å². The number of nitrogens with one attached hydrogen (secondary N) is 1. The van der Waals surface area contributed by atoms with E-state index in [4.69, 9.17) is 0 Å². The number of benzene rings is 2. The summed E-state index contributed by atoms with van der Waals surface area (Å²) in [7, 11) is 1.90. The highest BCUT2D eigenvalue weighted by molar-refractivity contribution is 6.06. The van der Waals surface area contributed by atoms with E-state index in [1.54, 1.807) is 18.2 Å². The maximum absolute atomic E-state index is 12.8. The van der Waals surface area contributed by atoms with Crippen molar-refractivity contribution in [3.05, 3.63) is 59.4 Å². The van der Waals surface area contributed by atoms with Gasteiger partial charge in [-0.3, -0.25) is 4.79 Å². The van der Waals surface area contributed by atoms with Crippen molar-refractivity contribution in [3.8, 4) is 0 Å². The second kappa shape index (κ2) is 6.23. The van der Waals surface area contributed by atoms with Gasteiger partial charge in [0.05, 0.1) is 16.6 Å². The van der Waals surface area contributed by atoms with Crippen LogP contribution >= 0.6 is 0 Å². The number of hydrogen-bond donors (Lipinski definition) is 1. The van der Waals surface area contributed by atoms with E-state index in [0.717, 1.165) is 29.9 Å². The van der Waals surface area contributed by atoms with Gasteiger partial charge in [0.1, 0.15) is 5.82 Å². The van der Waals surface area contributed by atoms with Gasteiger partial charge in [-0.25, -0.2) is 4.98 Å². The topological polar surface area (TPSA) is 46.9 Å². The number of aromatic nitrogens is 2. The summed E-state index contributed by atoms with van der Waals surface area (Å²) < 4.78 is 40.2. The average molecular weight is 347 g/mol. The fourth-order valence-corrected chi connectivity index (χ4v) is 2.68. The van der Waals surface area contributed by atoms with Gasteiger partial charge in [0.15, 0.2) is 0 Å². The molecule has 0 radical (unpaired) electrons. The Morgan fingerprint density at radius 3 is 2.64 bits per heavy atom. The molecule has 1 aromatic heterocycles. The fourth-order valence-electron chi connectivity index (χ4n) is 2.68. The van der Waals surface area contributed by atoms with Crippen LogP contribution in [-0.2, 0) is 19.6 Å². The molecule has 0 unspecified atom stereocenters. The lowest BCUT2D eigenvalue weighted by Crippen LogP contribution is -2.13. The van der Waals surface area contributed by atoms with E-state index in [2.05, 4.69) is 10.3 Å². The minimum absolute atomic E-state index is 0.0928. The van der Waals surface area contributed by atoms with Crippen molar-refractivity contribution >= 4 is 22.6 Å². The molecule has 0 fully saturated rings. The van der Waals surface area contributed by atoms with Crippen molar-refractivity contribution in [2.24, 2.45) is 7.05 Å². The standard InChI is InChI=1S/C18H16F3N3O/c1-3-16-23-14-9-11(7-8-15(14)24(16)2)17(25)22-13-6-4-5-12(10-13)18(19,20)21/h4-10H,3H2,1-2H3,(H,22,25). The van der Waals surface area contributed by atoms with E-state index in [-0.39, 0.29) is 5.69 Å². The van der Waals surface area contributed by atoms with Crippen molar-refractivity contribution in [2.45, 2.75) is 19.5 Å². The number of anilines is 1. The smallest absolute Gasteiger partial charge is 0.331 e. The van der Waals surface area contributed by atoms with Crippen LogP contribution in [0, 0.1) is 0 Å². The number of halogens is 3. The van der Waals surface area contributed by atoms with Gasteiger partial charge in [0.25, 0.3) is 5.91 Å². The van der Waals surface area contributed by atoms with Crippen LogP contribution in [0.3, 0.4) is 0 Å². The number of nitrogens with zero attached hydrogens (tertiary/aromatic N) is 2. The summed E-state index contributed by atoms with van der Waals surface area (Å²) >= 11 is 0. The van der Waals surface area contributed by atoms with Gasteiger partial charge in [0.2, 0.25) is 0 Å². The molecule has 4 nitrogen and oxygen atoms in total. The lowest BCUT2D eigenvalue weighted by molar-refractivity contribution is -0.137. The number of fused-ring (bicyclic) bond motifs is 1. The maximum Gasteiger partial charge on any atom is 0.416 e. The van der Waals surface area contributed by atoms with E-state index in [9.17, 15) is 18.0 Å². The molecule has 3 aromatic rings. The van der Waals surface area contributed by atoms with Crippen LogP contribution in [0.5, 0.6) is 0 Å². The molecule has 7 heteroatoms. The highest BCUT2D eigenvalue weighted by Crippen LogP contribution is 2.30. The quantitative estimate of drug-likeness (QED) is 0.763. The lowest BCUT2D eigenvalue weighted by Gasteiger charge is -2.10. The molecule has 0 saturated heterocycles.